The Morgan fingerprint density at radius 2 is 1.45 bits per heavy atom. The molecule has 2 aromatic heterocycles. The topological polar surface area (TPSA) is 85.0 Å². The van der Waals surface area contributed by atoms with Crippen molar-refractivity contribution in [2.24, 2.45) is 0 Å². The van der Waals surface area contributed by atoms with Gasteiger partial charge in [0.15, 0.2) is 0 Å². The predicted molar refractivity (Wildman–Crippen MR) is 127 cm³/mol. The molecule has 0 saturated carbocycles. The van der Waals surface area contributed by atoms with Crippen molar-refractivity contribution in [2.75, 3.05) is 10.2 Å². The number of carbonyl (C=O) groups excluding carboxylic acids is 2. The lowest BCUT2D eigenvalue weighted by atomic mass is 10.1. The van der Waals surface area contributed by atoms with Crippen LogP contribution in [0.5, 0.6) is 0 Å². The minimum atomic E-state index is -0.442. The lowest BCUT2D eigenvalue weighted by Crippen LogP contribution is -2.36. The van der Waals surface area contributed by atoms with Gasteiger partial charge in [0, 0.05) is 36.2 Å². The van der Waals surface area contributed by atoms with Crippen molar-refractivity contribution >= 4 is 23.2 Å². The molecule has 8 heteroatoms. The zero-order valence-corrected chi connectivity index (χ0v) is 18.6. The minimum absolute atomic E-state index is 0.0599. The van der Waals surface area contributed by atoms with E-state index in [2.05, 4.69) is 15.5 Å². The van der Waals surface area contributed by atoms with E-state index in [4.69, 9.17) is 0 Å². The molecule has 0 aliphatic carbocycles. The summed E-state index contributed by atoms with van der Waals surface area (Å²) < 4.78 is 3.26. The second kappa shape index (κ2) is 9.95. The third kappa shape index (κ3) is 5.17. The molecule has 0 unspecified atom stereocenters. The highest BCUT2D eigenvalue weighted by Crippen LogP contribution is 2.22. The van der Waals surface area contributed by atoms with E-state index >= 15 is 0 Å². The predicted octanol–water partition coefficient (Wildman–Crippen LogP) is 4.07. The number of benzene rings is 2. The summed E-state index contributed by atoms with van der Waals surface area (Å²) in [6, 6.07) is 19.8. The van der Waals surface area contributed by atoms with Gasteiger partial charge >= 0.3 is 0 Å². The summed E-state index contributed by atoms with van der Waals surface area (Å²) in [5.74, 6) is -0.212. The lowest BCUT2D eigenvalue weighted by Gasteiger charge is -2.26. The average Bonchev–Trinajstić information content (AvgIpc) is 3.57. The van der Waals surface area contributed by atoms with Gasteiger partial charge < -0.3 is 10.2 Å². The summed E-state index contributed by atoms with van der Waals surface area (Å²) in [6.07, 6.45) is 6.85. The van der Waals surface area contributed by atoms with Crippen LogP contribution in [0, 0.1) is 0 Å². The number of anilines is 2. The first kappa shape index (κ1) is 22.0. The Kier molecular flexibility index (Phi) is 6.64. The quantitative estimate of drug-likeness (QED) is 0.446. The zero-order valence-electron chi connectivity index (χ0n) is 18.6. The summed E-state index contributed by atoms with van der Waals surface area (Å²) in [5.41, 5.74) is 2.44. The molecule has 0 saturated heterocycles. The number of nitrogens with zero attached hydrogens (tertiary/aromatic N) is 5. The number of nitrogens with one attached hydrogen (secondary N) is 1. The molecule has 2 atom stereocenters. The van der Waals surface area contributed by atoms with E-state index in [1.807, 2.05) is 61.5 Å². The Bertz CT molecular complexity index is 1170. The number of hydrogen-bond donors (Lipinski definition) is 1. The fourth-order valence-corrected chi connectivity index (χ4v) is 3.51. The monoisotopic (exact) mass is 442 g/mol. The third-order valence-electron chi connectivity index (χ3n) is 5.48. The highest BCUT2D eigenvalue weighted by molar-refractivity contribution is 5.96. The first-order chi connectivity index (χ1) is 16.0. The summed E-state index contributed by atoms with van der Waals surface area (Å²) >= 11 is 0. The fraction of sp³-hybridized carbons (Fsp3) is 0.200. The third-order valence-corrected chi connectivity index (χ3v) is 5.48. The molecular formula is C25H26N6O2. The van der Waals surface area contributed by atoms with Gasteiger partial charge in [0.25, 0.3) is 5.91 Å². The Morgan fingerprint density at radius 1 is 0.848 bits per heavy atom. The van der Waals surface area contributed by atoms with E-state index in [1.165, 1.54) is 0 Å². The number of hydrogen-bond acceptors (Lipinski definition) is 4. The van der Waals surface area contributed by atoms with Crippen LogP contribution < -0.4 is 10.2 Å². The summed E-state index contributed by atoms with van der Waals surface area (Å²) in [4.78, 5) is 27.6. The van der Waals surface area contributed by atoms with E-state index in [1.54, 1.807) is 58.1 Å². The normalized spacial score (nSPS) is 12.7. The second-order valence-corrected chi connectivity index (χ2v) is 7.77. The van der Waals surface area contributed by atoms with E-state index in [-0.39, 0.29) is 11.8 Å². The average molecular weight is 443 g/mol. The number of amides is 2. The first-order valence-electron chi connectivity index (χ1n) is 10.8. The van der Waals surface area contributed by atoms with Gasteiger partial charge in [0.1, 0.15) is 12.1 Å². The minimum Gasteiger partial charge on any atom is -0.324 e. The van der Waals surface area contributed by atoms with Gasteiger partial charge in [0.05, 0.1) is 6.54 Å². The first-order valence-corrected chi connectivity index (χ1v) is 10.8. The number of aromatic nitrogens is 4. The van der Waals surface area contributed by atoms with Gasteiger partial charge in [-0.1, -0.05) is 30.3 Å². The summed E-state index contributed by atoms with van der Waals surface area (Å²) in [6.45, 7) is 4.03. The van der Waals surface area contributed by atoms with Crippen LogP contribution >= 0.6 is 0 Å². The summed E-state index contributed by atoms with van der Waals surface area (Å²) in [5, 5.41) is 11.2. The molecule has 8 nitrogen and oxygen atoms in total. The molecular weight excluding hydrogens is 416 g/mol. The van der Waals surface area contributed by atoms with Gasteiger partial charge in [0.2, 0.25) is 5.91 Å². The van der Waals surface area contributed by atoms with Crippen LogP contribution in [0.4, 0.5) is 11.4 Å². The van der Waals surface area contributed by atoms with E-state index in [0.29, 0.717) is 12.2 Å². The molecule has 0 bridgehead atoms. The molecule has 2 heterocycles. The second-order valence-electron chi connectivity index (χ2n) is 7.77. The molecule has 0 aliphatic heterocycles. The summed E-state index contributed by atoms with van der Waals surface area (Å²) in [7, 11) is 0. The van der Waals surface area contributed by atoms with Crippen LogP contribution in [0.3, 0.4) is 0 Å². The van der Waals surface area contributed by atoms with Crippen LogP contribution in [0.1, 0.15) is 31.5 Å². The zero-order chi connectivity index (χ0) is 23.2. The molecule has 2 amide bonds. The largest absolute Gasteiger partial charge is 0.324 e. The maximum Gasteiger partial charge on any atom is 0.251 e. The van der Waals surface area contributed by atoms with Crippen molar-refractivity contribution in [3.8, 4) is 0 Å². The highest BCUT2D eigenvalue weighted by atomic mass is 16.2. The van der Waals surface area contributed by atoms with Gasteiger partial charge in [-0.05, 0) is 55.8 Å². The van der Waals surface area contributed by atoms with Crippen LogP contribution in [-0.4, -0.2) is 31.4 Å². The molecule has 0 aliphatic rings. The van der Waals surface area contributed by atoms with Crippen molar-refractivity contribution in [1.29, 1.82) is 0 Å². The van der Waals surface area contributed by atoms with E-state index in [9.17, 15) is 9.59 Å². The van der Waals surface area contributed by atoms with Crippen LogP contribution in [0.15, 0.2) is 91.5 Å². The Labute approximate surface area is 192 Å². The van der Waals surface area contributed by atoms with Crippen LogP contribution in [0.25, 0.3) is 0 Å². The van der Waals surface area contributed by atoms with Crippen LogP contribution in [0.2, 0.25) is 0 Å². The molecule has 4 aromatic rings. The van der Waals surface area contributed by atoms with Crippen molar-refractivity contribution in [2.45, 2.75) is 32.5 Å². The lowest BCUT2D eigenvalue weighted by molar-refractivity contribution is -0.121. The Balaban J connectivity index is 1.48. The maximum atomic E-state index is 13.3. The molecule has 4 rings (SSSR count). The Morgan fingerprint density at radius 3 is 2.03 bits per heavy atom. The van der Waals surface area contributed by atoms with Gasteiger partial charge in [-0.3, -0.25) is 19.0 Å². The smallest absolute Gasteiger partial charge is 0.251 e. The van der Waals surface area contributed by atoms with Crippen molar-refractivity contribution in [3.63, 3.8) is 0 Å². The van der Waals surface area contributed by atoms with Crippen molar-refractivity contribution in [1.82, 2.24) is 19.6 Å². The van der Waals surface area contributed by atoms with Gasteiger partial charge in [-0.25, -0.2) is 0 Å². The fourth-order valence-electron chi connectivity index (χ4n) is 3.51. The van der Waals surface area contributed by atoms with Crippen LogP contribution in [-0.2, 0) is 16.1 Å². The molecule has 0 spiro atoms. The standard InChI is InChI=1S/C25H26N6O2/c1-19(30-16-6-14-26-30)24(32)28-22-12-10-21(11-13-22)18-29(23-8-4-3-5-9-23)25(33)20(2)31-17-7-15-27-31/h3-17,19-20H,18H2,1-2H3,(H,28,32)/t19-,20-/m0/s1. The molecule has 33 heavy (non-hydrogen) atoms. The highest BCUT2D eigenvalue weighted by Gasteiger charge is 2.24. The van der Waals surface area contributed by atoms with E-state index < -0.39 is 12.1 Å². The molecule has 2 aromatic carbocycles. The molecule has 168 valence electrons. The number of rotatable bonds is 8. The van der Waals surface area contributed by atoms with Crippen molar-refractivity contribution in [3.05, 3.63) is 97.1 Å². The van der Waals surface area contributed by atoms with Gasteiger partial charge in [-0.15, -0.1) is 0 Å². The number of para-hydroxylation sites is 1. The molecule has 0 radical (unpaired) electrons. The number of carbonyl (C=O) groups is 2. The van der Waals surface area contributed by atoms with E-state index in [0.717, 1.165) is 11.3 Å². The SMILES string of the molecule is C[C@@H](C(=O)Nc1ccc(CN(C(=O)[C@H](C)n2cccn2)c2ccccc2)cc1)n1cccn1. The van der Waals surface area contributed by atoms with Crippen molar-refractivity contribution < 1.29 is 9.59 Å². The van der Waals surface area contributed by atoms with Gasteiger partial charge in [-0.2, -0.15) is 10.2 Å². The maximum absolute atomic E-state index is 13.3. The Hall–Kier alpha value is -4.20. The molecule has 0 fully saturated rings. The molecule has 1 N–H and O–H groups in total.